The van der Waals surface area contributed by atoms with E-state index in [-0.39, 0.29) is 42.3 Å². The highest BCUT2D eigenvalue weighted by atomic mass is 32.1. The number of rotatable bonds is 7. The normalized spacial score (nSPS) is 14.6. The highest BCUT2D eigenvalue weighted by molar-refractivity contribution is 7.09. The minimum Gasteiger partial charge on any atom is -0.486 e. The van der Waals surface area contributed by atoms with Crippen LogP contribution in [0.3, 0.4) is 0 Å². The van der Waals surface area contributed by atoms with Crippen molar-refractivity contribution in [3.63, 3.8) is 0 Å². The van der Waals surface area contributed by atoms with Gasteiger partial charge in [-0.3, -0.25) is 9.59 Å². The Morgan fingerprint density at radius 2 is 1.87 bits per heavy atom. The maximum absolute atomic E-state index is 14.0. The van der Waals surface area contributed by atoms with Crippen molar-refractivity contribution >= 4 is 23.2 Å². The van der Waals surface area contributed by atoms with Gasteiger partial charge in [0.2, 0.25) is 5.91 Å². The first kappa shape index (κ1) is 25.5. The van der Waals surface area contributed by atoms with Gasteiger partial charge in [0.1, 0.15) is 34.7 Å². The lowest BCUT2D eigenvalue weighted by Crippen LogP contribution is -2.39. The lowest BCUT2D eigenvalue weighted by Gasteiger charge is -2.37. The number of carbonyl (C=O) groups excluding carboxylic acids is 2. The summed E-state index contributed by atoms with van der Waals surface area (Å²) in [5.74, 6) is -0.564. The zero-order valence-electron chi connectivity index (χ0n) is 20.6. The Bertz CT molecular complexity index is 1490. The summed E-state index contributed by atoms with van der Waals surface area (Å²) < 4.78 is 33.4. The highest BCUT2D eigenvalue weighted by Gasteiger charge is 2.31. The van der Waals surface area contributed by atoms with Gasteiger partial charge in [0.25, 0.3) is 5.91 Å². The molecule has 1 aliphatic rings. The maximum atomic E-state index is 14.0. The minimum absolute atomic E-state index is 0.0813. The predicted octanol–water partition coefficient (Wildman–Crippen LogP) is 5.42. The van der Waals surface area contributed by atoms with E-state index in [9.17, 15) is 18.4 Å². The molecule has 0 aliphatic carbocycles. The molecule has 1 N–H and O–H groups in total. The Morgan fingerprint density at radius 3 is 2.63 bits per heavy atom. The van der Waals surface area contributed by atoms with E-state index in [4.69, 9.17) is 4.74 Å². The molecule has 9 heteroatoms. The van der Waals surface area contributed by atoms with Crippen molar-refractivity contribution in [2.75, 3.05) is 6.54 Å². The quantitative estimate of drug-likeness (QED) is 0.344. The highest BCUT2D eigenvalue weighted by Crippen LogP contribution is 2.37. The van der Waals surface area contributed by atoms with Gasteiger partial charge >= 0.3 is 0 Å². The average molecular weight is 534 g/mol. The van der Waals surface area contributed by atoms with Gasteiger partial charge in [-0.15, -0.1) is 11.3 Å². The molecule has 0 bridgehead atoms. The molecule has 0 spiro atoms. The Labute approximate surface area is 222 Å². The number of aromatic nitrogens is 1. The topological polar surface area (TPSA) is 71.5 Å². The summed E-state index contributed by atoms with van der Waals surface area (Å²) in [6, 6.07) is 17.7. The smallest absolute Gasteiger partial charge is 0.271 e. The lowest BCUT2D eigenvalue weighted by molar-refractivity contribution is -0.130. The first-order valence-corrected chi connectivity index (χ1v) is 13.0. The van der Waals surface area contributed by atoms with Gasteiger partial charge in [0.15, 0.2) is 0 Å². The molecule has 0 radical (unpaired) electrons. The molecule has 1 aliphatic heterocycles. The van der Waals surface area contributed by atoms with Crippen molar-refractivity contribution < 1.29 is 23.1 Å². The van der Waals surface area contributed by atoms with Crippen molar-refractivity contribution in [2.24, 2.45) is 0 Å². The largest absolute Gasteiger partial charge is 0.486 e. The summed E-state index contributed by atoms with van der Waals surface area (Å²) in [6.07, 6.45) is 0.696. The SMILES string of the molecule is CC(=O)N1CCc2ccc(OCc3nc(C(=O)NCc4cccc(F)c4)cs3)cc2[C@H]1c1cccc(F)c1. The van der Waals surface area contributed by atoms with E-state index in [1.165, 1.54) is 42.5 Å². The second-order valence-electron chi connectivity index (χ2n) is 9.01. The first-order chi connectivity index (χ1) is 18.4. The molecule has 0 saturated heterocycles. The van der Waals surface area contributed by atoms with Gasteiger partial charge in [-0.05, 0) is 65.1 Å². The number of fused-ring (bicyclic) bond motifs is 1. The monoisotopic (exact) mass is 533 g/mol. The summed E-state index contributed by atoms with van der Waals surface area (Å²) in [6.45, 7) is 2.42. The average Bonchev–Trinajstić information content (AvgIpc) is 3.39. The third kappa shape index (κ3) is 5.73. The second-order valence-corrected chi connectivity index (χ2v) is 9.95. The zero-order valence-corrected chi connectivity index (χ0v) is 21.4. The number of nitrogens with one attached hydrogen (secondary N) is 1. The number of benzene rings is 3. The maximum Gasteiger partial charge on any atom is 0.271 e. The number of hydrogen-bond acceptors (Lipinski definition) is 5. The molecule has 2 amide bonds. The minimum atomic E-state index is -0.413. The molecule has 2 heterocycles. The van der Waals surface area contributed by atoms with Crippen LogP contribution in [0, 0.1) is 11.6 Å². The Balaban J connectivity index is 1.28. The van der Waals surface area contributed by atoms with Crippen LogP contribution in [0.4, 0.5) is 8.78 Å². The molecule has 194 valence electrons. The summed E-state index contributed by atoms with van der Waals surface area (Å²) in [4.78, 5) is 31.0. The molecule has 1 atom stereocenters. The van der Waals surface area contributed by atoms with Crippen molar-refractivity contribution in [1.82, 2.24) is 15.2 Å². The van der Waals surface area contributed by atoms with Gasteiger partial charge in [0.05, 0.1) is 6.04 Å². The van der Waals surface area contributed by atoms with Crippen LogP contribution in [0.5, 0.6) is 5.75 Å². The van der Waals surface area contributed by atoms with E-state index in [0.717, 1.165) is 11.1 Å². The molecular formula is C29H25F2N3O3S. The molecule has 4 aromatic rings. The van der Waals surface area contributed by atoms with Crippen LogP contribution in [0.25, 0.3) is 0 Å². The fourth-order valence-corrected chi connectivity index (χ4v) is 5.29. The molecule has 38 heavy (non-hydrogen) atoms. The molecular weight excluding hydrogens is 508 g/mol. The van der Waals surface area contributed by atoms with Crippen LogP contribution < -0.4 is 10.1 Å². The number of carbonyl (C=O) groups is 2. The summed E-state index contributed by atoms with van der Waals surface area (Å²) in [5, 5.41) is 5.01. The third-order valence-electron chi connectivity index (χ3n) is 6.40. The number of ether oxygens (including phenoxy) is 1. The number of amides is 2. The Kier molecular flexibility index (Phi) is 7.46. The number of nitrogens with zero attached hydrogens (tertiary/aromatic N) is 2. The van der Waals surface area contributed by atoms with Crippen LogP contribution in [-0.2, 0) is 24.4 Å². The van der Waals surface area contributed by atoms with Crippen molar-refractivity contribution in [1.29, 1.82) is 0 Å². The van der Waals surface area contributed by atoms with E-state index < -0.39 is 6.04 Å². The fraction of sp³-hybridized carbons (Fsp3) is 0.207. The number of hydrogen-bond donors (Lipinski definition) is 1. The van der Waals surface area contributed by atoms with Crippen molar-refractivity contribution in [3.05, 3.63) is 117 Å². The van der Waals surface area contributed by atoms with E-state index >= 15 is 0 Å². The Hall–Kier alpha value is -4.11. The number of halogens is 2. The van der Waals surface area contributed by atoms with Gasteiger partial charge in [0, 0.05) is 25.4 Å². The van der Waals surface area contributed by atoms with Crippen LogP contribution in [-0.4, -0.2) is 28.2 Å². The van der Waals surface area contributed by atoms with Gasteiger partial charge in [-0.2, -0.15) is 0 Å². The molecule has 0 fully saturated rings. The van der Waals surface area contributed by atoms with Crippen LogP contribution in [0.2, 0.25) is 0 Å². The molecule has 6 nitrogen and oxygen atoms in total. The van der Waals surface area contributed by atoms with Crippen molar-refractivity contribution in [3.8, 4) is 5.75 Å². The van der Waals surface area contributed by atoms with E-state index in [0.29, 0.717) is 34.8 Å². The third-order valence-corrected chi connectivity index (χ3v) is 7.23. The van der Waals surface area contributed by atoms with Gasteiger partial charge in [-0.1, -0.05) is 30.3 Å². The molecule has 1 aromatic heterocycles. The van der Waals surface area contributed by atoms with Gasteiger partial charge in [-0.25, -0.2) is 13.8 Å². The summed E-state index contributed by atoms with van der Waals surface area (Å²) >= 11 is 1.30. The molecule has 3 aromatic carbocycles. The molecule has 5 rings (SSSR count). The first-order valence-electron chi connectivity index (χ1n) is 12.1. The van der Waals surface area contributed by atoms with E-state index in [1.54, 1.807) is 28.5 Å². The zero-order chi connectivity index (χ0) is 26.6. The van der Waals surface area contributed by atoms with Crippen molar-refractivity contribution in [2.45, 2.75) is 32.5 Å². The fourth-order valence-electron chi connectivity index (χ4n) is 4.60. The van der Waals surface area contributed by atoms with Crippen LogP contribution >= 0.6 is 11.3 Å². The Morgan fingerprint density at radius 1 is 1.08 bits per heavy atom. The second kappa shape index (κ2) is 11.1. The summed E-state index contributed by atoms with van der Waals surface area (Å²) in [7, 11) is 0. The molecule has 0 unspecified atom stereocenters. The van der Waals surface area contributed by atoms with Crippen LogP contribution in [0.15, 0.2) is 72.1 Å². The predicted molar refractivity (Wildman–Crippen MR) is 140 cm³/mol. The lowest BCUT2D eigenvalue weighted by atomic mass is 9.88. The standard InChI is InChI=1S/C29H25F2N3O3S/c1-18(35)34-11-10-20-8-9-24(14-25(20)28(34)21-5-3-7-23(31)13-21)37-16-27-33-26(17-38-27)29(36)32-15-19-4-2-6-22(30)12-19/h2-9,12-14,17,28H,10-11,15-16H2,1H3,(H,32,36)/t28-/m1/s1. The van der Waals surface area contributed by atoms with E-state index in [2.05, 4.69) is 10.3 Å². The van der Waals surface area contributed by atoms with Gasteiger partial charge < -0.3 is 15.0 Å². The molecule has 0 saturated carbocycles. The summed E-state index contributed by atoms with van der Waals surface area (Å²) in [5.41, 5.74) is 3.59. The van der Waals surface area contributed by atoms with Crippen LogP contribution in [0.1, 0.15) is 50.7 Å². The number of thiazole rings is 1. The van der Waals surface area contributed by atoms with E-state index in [1.807, 2.05) is 24.3 Å².